The number of aliphatic hydroxyl groups is 1. The number of fused-ring (bicyclic) bond motifs is 1. The lowest BCUT2D eigenvalue weighted by atomic mass is 9.71. The standard InChI is InChI=1S/C32H44BrN3O5S/c1-7-15-35(22-13-11-21(12-14-22)34(9-3)10-4)30(39)28-32-18-24(33)27(42-32)25(31(40)41-16-8-2)26(32)29(38)36(28)23(19-37)17-20(5)6/h7-8,11-14,20,23-28,37H,1-2,9-10,15-19H2,3-6H3/t23-,24?,25-,26+,27-,28?,32?/m1/s1. The van der Waals surface area contributed by atoms with Crippen LogP contribution in [0.3, 0.4) is 0 Å². The molecule has 1 aromatic carbocycles. The predicted molar refractivity (Wildman–Crippen MR) is 173 cm³/mol. The summed E-state index contributed by atoms with van der Waals surface area (Å²) < 4.78 is 4.65. The third kappa shape index (κ3) is 5.66. The third-order valence-corrected chi connectivity index (χ3v) is 12.0. The van der Waals surface area contributed by atoms with Gasteiger partial charge in [0.25, 0.3) is 5.91 Å². The van der Waals surface area contributed by atoms with E-state index in [0.29, 0.717) is 18.5 Å². The predicted octanol–water partition coefficient (Wildman–Crippen LogP) is 4.65. The number of halogens is 1. The maximum atomic E-state index is 14.8. The lowest BCUT2D eigenvalue weighted by molar-refractivity contribution is -0.153. The van der Waals surface area contributed by atoms with Crippen molar-refractivity contribution in [3.8, 4) is 0 Å². The molecule has 230 valence electrons. The first-order chi connectivity index (χ1) is 20.1. The Labute approximate surface area is 262 Å². The molecule has 3 unspecified atom stereocenters. The highest BCUT2D eigenvalue weighted by atomic mass is 79.9. The van der Waals surface area contributed by atoms with Crippen LogP contribution in [-0.2, 0) is 19.1 Å². The number of benzene rings is 1. The molecule has 2 amide bonds. The summed E-state index contributed by atoms with van der Waals surface area (Å²) in [6.07, 6.45) is 4.29. The van der Waals surface area contributed by atoms with Gasteiger partial charge in [0, 0.05) is 41.1 Å². The van der Waals surface area contributed by atoms with Crippen LogP contribution < -0.4 is 9.80 Å². The minimum Gasteiger partial charge on any atom is -0.461 e. The van der Waals surface area contributed by atoms with E-state index < -0.39 is 34.6 Å². The molecular formula is C32H44BrN3O5S. The smallest absolute Gasteiger partial charge is 0.311 e. The largest absolute Gasteiger partial charge is 0.461 e. The van der Waals surface area contributed by atoms with Crippen molar-refractivity contribution in [3.05, 3.63) is 49.6 Å². The van der Waals surface area contributed by atoms with Crippen molar-refractivity contribution < 1.29 is 24.2 Å². The van der Waals surface area contributed by atoms with Gasteiger partial charge in [-0.2, -0.15) is 0 Å². The highest BCUT2D eigenvalue weighted by molar-refractivity contribution is 9.09. The Morgan fingerprint density at radius 2 is 1.83 bits per heavy atom. The molecule has 3 heterocycles. The highest BCUT2D eigenvalue weighted by Gasteiger charge is 2.76. The zero-order valence-corrected chi connectivity index (χ0v) is 27.5. The van der Waals surface area contributed by atoms with Crippen molar-refractivity contribution in [2.75, 3.05) is 42.6 Å². The highest BCUT2D eigenvalue weighted by Crippen LogP contribution is 2.68. The van der Waals surface area contributed by atoms with Gasteiger partial charge in [0.2, 0.25) is 5.91 Å². The Bertz CT molecular complexity index is 1180. The van der Waals surface area contributed by atoms with E-state index in [-0.39, 0.29) is 47.6 Å². The topological polar surface area (TPSA) is 90.4 Å². The number of likely N-dealkylation sites (tertiary alicyclic amines) is 1. The molecule has 0 radical (unpaired) electrons. The van der Waals surface area contributed by atoms with Gasteiger partial charge >= 0.3 is 5.97 Å². The van der Waals surface area contributed by atoms with Crippen LogP contribution in [0.5, 0.6) is 0 Å². The molecular weight excluding hydrogens is 618 g/mol. The van der Waals surface area contributed by atoms with Crippen LogP contribution in [0.25, 0.3) is 0 Å². The number of esters is 1. The van der Waals surface area contributed by atoms with Gasteiger partial charge in [-0.25, -0.2) is 0 Å². The Hall–Kier alpha value is -2.30. The molecule has 3 aliphatic heterocycles. The van der Waals surface area contributed by atoms with Gasteiger partial charge in [0.15, 0.2) is 0 Å². The first kappa shape index (κ1) is 32.6. The van der Waals surface area contributed by atoms with Crippen molar-refractivity contribution in [2.24, 2.45) is 17.8 Å². The number of hydrogen-bond donors (Lipinski definition) is 1. The summed E-state index contributed by atoms with van der Waals surface area (Å²) >= 11 is 5.35. The molecule has 0 aliphatic carbocycles. The maximum absolute atomic E-state index is 14.8. The van der Waals surface area contributed by atoms with E-state index in [1.807, 2.05) is 38.1 Å². The monoisotopic (exact) mass is 661 g/mol. The van der Waals surface area contributed by atoms with Crippen LogP contribution in [0.4, 0.5) is 11.4 Å². The second-order valence-corrected chi connectivity index (χ2v) is 14.4. The first-order valence-electron chi connectivity index (χ1n) is 14.9. The number of anilines is 2. The van der Waals surface area contributed by atoms with Gasteiger partial charge in [-0.15, -0.1) is 18.3 Å². The van der Waals surface area contributed by atoms with E-state index in [1.165, 1.54) is 6.08 Å². The second-order valence-electron chi connectivity index (χ2n) is 11.7. The second kappa shape index (κ2) is 13.6. The summed E-state index contributed by atoms with van der Waals surface area (Å²) in [5.74, 6) is -2.15. The molecule has 1 spiro atoms. The maximum Gasteiger partial charge on any atom is 0.311 e. The minimum absolute atomic E-state index is 0.0584. The van der Waals surface area contributed by atoms with Crippen molar-refractivity contribution in [2.45, 2.75) is 67.4 Å². The summed E-state index contributed by atoms with van der Waals surface area (Å²) in [5.41, 5.74) is 1.78. The average Bonchev–Trinajstić information content (AvgIpc) is 3.57. The Morgan fingerprint density at radius 1 is 1.19 bits per heavy atom. The van der Waals surface area contributed by atoms with Gasteiger partial charge in [-0.1, -0.05) is 48.5 Å². The molecule has 0 saturated carbocycles. The molecule has 3 saturated heterocycles. The van der Waals surface area contributed by atoms with E-state index in [4.69, 9.17) is 4.74 Å². The molecule has 7 atom stereocenters. The molecule has 3 aliphatic rings. The van der Waals surface area contributed by atoms with Gasteiger partial charge in [-0.3, -0.25) is 14.4 Å². The van der Waals surface area contributed by atoms with Gasteiger partial charge in [0.05, 0.1) is 29.2 Å². The van der Waals surface area contributed by atoms with Crippen molar-refractivity contribution >= 4 is 56.9 Å². The summed E-state index contributed by atoms with van der Waals surface area (Å²) in [6, 6.07) is 6.47. The van der Waals surface area contributed by atoms with Crippen molar-refractivity contribution in [1.29, 1.82) is 0 Å². The molecule has 10 heteroatoms. The number of rotatable bonds is 14. The lowest BCUT2D eigenvalue weighted by Gasteiger charge is -2.40. The van der Waals surface area contributed by atoms with Crippen molar-refractivity contribution in [3.63, 3.8) is 0 Å². The van der Waals surface area contributed by atoms with Crippen LogP contribution in [0.2, 0.25) is 0 Å². The summed E-state index contributed by atoms with van der Waals surface area (Å²) in [7, 11) is 0. The first-order valence-corrected chi connectivity index (χ1v) is 16.7. The number of carbonyl (C=O) groups is 3. The van der Waals surface area contributed by atoms with E-state index >= 15 is 0 Å². The molecule has 1 aromatic rings. The van der Waals surface area contributed by atoms with E-state index in [2.05, 4.69) is 47.8 Å². The fourth-order valence-electron chi connectivity index (χ4n) is 7.10. The molecule has 2 bridgehead atoms. The fourth-order valence-corrected chi connectivity index (χ4v) is 10.7. The average molecular weight is 663 g/mol. The van der Waals surface area contributed by atoms with Crippen LogP contribution in [-0.4, -0.2) is 87.5 Å². The zero-order chi connectivity index (χ0) is 30.8. The van der Waals surface area contributed by atoms with Crippen molar-refractivity contribution in [1.82, 2.24) is 4.90 Å². The molecule has 3 fully saturated rings. The molecule has 8 nitrogen and oxygen atoms in total. The molecule has 0 aromatic heterocycles. The van der Waals surface area contributed by atoms with Gasteiger partial charge in [0.1, 0.15) is 12.6 Å². The fraction of sp³-hybridized carbons (Fsp3) is 0.594. The summed E-state index contributed by atoms with van der Waals surface area (Å²) in [5, 5.41) is 10.4. The number of ether oxygens (including phenoxy) is 1. The molecule has 4 rings (SSSR count). The normalized spacial score (nSPS) is 28.5. The van der Waals surface area contributed by atoms with Gasteiger partial charge in [-0.05, 0) is 56.9 Å². The van der Waals surface area contributed by atoms with Crippen LogP contribution in [0.15, 0.2) is 49.6 Å². The van der Waals surface area contributed by atoms with Crippen LogP contribution >= 0.6 is 27.7 Å². The number of aliphatic hydroxyl groups excluding tert-OH is 1. The van der Waals surface area contributed by atoms with Crippen LogP contribution in [0, 0.1) is 17.8 Å². The van der Waals surface area contributed by atoms with Crippen LogP contribution in [0.1, 0.15) is 40.5 Å². The lowest BCUT2D eigenvalue weighted by Crippen LogP contribution is -2.58. The van der Waals surface area contributed by atoms with E-state index in [0.717, 1.165) is 18.8 Å². The Balaban J connectivity index is 1.80. The Morgan fingerprint density at radius 3 is 2.38 bits per heavy atom. The molecule has 42 heavy (non-hydrogen) atoms. The number of thioether (sulfide) groups is 1. The van der Waals surface area contributed by atoms with E-state index in [1.54, 1.807) is 27.6 Å². The number of alkyl halides is 1. The number of hydrogen-bond acceptors (Lipinski definition) is 7. The third-order valence-electron chi connectivity index (χ3n) is 8.79. The zero-order valence-electron chi connectivity index (χ0n) is 25.1. The summed E-state index contributed by atoms with van der Waals surface area (Å²) in [6.45, 7) is 17.6. The quantitative estimate of drug-likeness (QED) is 0.176. The van der Waals surface area contributed by atoms with Gasteiger partial charge < -0.3 is 24.5 Å². The van der Waals surface area contributed by atoms with E-state index in [9.17, 15) is 19.5 Å². The number of amides is 2. The Kier molecular flexibility index (Phi) is 10.5. The molecule has 1 N–H and O–H groups in total. The SMILES string of the molecule is C=CCOC(=O)[C@H]1[C@@H]2SC3(CC2Br)C(C(=O)N(CC=C)c2ccc(N(CC)CC)cc2)N([C@@H](CO)CC(C)C)C(=O)[C@H]13. The minimum atomic E-state index is -0.861. The summed E-state index contributed by atoms with van der Waals surface area (Å²) in [4.78, 5) is 48.1. The number of carbonyl (C=O) groups excluding carboxylic acids is 3. The number of nitrogens with zero attached hydrogens (tertiary/aromatic N) is 3.